The number of halogens is 1. The van der Waals surface area contributed by atoms with Gasteiger partial charge in [0.15, 0.2) is 0 Å². The molecule has 20 heavy (non-hydrogen) atoms. The van der Waals surface area contributed by atoms with Crippen molar-refractivity contribution in [2.24, 2.45) is 5.84 Å². The molecule has 0 heterocycles. The van der Waals surface area contributed by atoms with Crippen molar-refractivity contribution in [2.45, 2.75) is 33.2 Å². The molecule has 2 rings (SSSR count). The van der Waals surface area contributed by atoms with Crippen LogP contribution in [0.1, 0.15) is 33.9 Å². The topological polar surface area (TPSA) is 38.0 Å². The molecule has 0 aromatic heterocycles. The van der Waals surface area contributed by atoms with Gasteiger partial charge in [0.05, 0.1) is 6.04 Å². The van der Waals surface area contributed by atoms with Crippen molar-refractivity contribution in [3.05, 3.63) is 67.8 Å². The Morgan fingerprint density at radius 1 is 1.00 bits per heavy atom. The zero-order valence-corrected chi connectivity index (χ0v) is 14.4. The van der Waals surface area contributed by atoms with Gasteiger partial charge in [-0.2, -0.15) is 0 Å². The van der Waals surface area contributed by atoms with E-state index < -0.39 is 0 Å². The van der Waals surface area contributed by atoms with E-state index in [9.17, 15) is 0 Å². The van der Waals surface area contributed by atoms with Crippen LogP contribution in [-0.2, 0) is 6.42 Å². The van der Waals surface area contributed by atoms with Crippen LogP contribution in [0, 0.1) is 24.3 Å². The molecule has 0 radical (unpaired) electrons. The highest BCUT2D eigenvalue weighted by Gasteiger charge is 2.16. The average Bonchev–Trinajstić information content (AvgIpc) is 2.42. The Bertz CT molecular complexity index is 588. The molecule has 0 amide bonds. The number of aryl methyl sites for hydroxylation is 3. The summed E-state index contributed by atoms with van der Waals surface area (Å²) < 4.78 is 1.29. The van der Waals surface area contributed by atoms with Gasteiger partial charge in [-0.25, -0.2) is 0 Å². The van der Waals surface area contributed by atoms with E-state index in [1.54, 1.807) is 0 Å². The van der Waals surface area contributed by atoms with Gasteiger partial charge in [-0.3, -0.25) is 11.3 Å². The molecule has 0 spiro atoms. The van der Waals surface area contributed by atoms with Gasteiger partial charge in [0, 0.05) is 3.57 Å². The maximum atomic E-state index is 5.82. The number of hydrazine groups is 1. The molecule has 1 unspecified atom stereocenters. The van der Waals surface area contributed by atoms with E-state index in [1.165, 1.54) is 31.4 Å². The molecular formula is C17H21IN2. The first-order valence-electron chi connectivity index (χ1n) is 6.80. The SMILES string of the molecule is Cc1cccc(C(Cc2c(C)cccc2C)NN)c1I. The van der Waals surface area contributed by atoms with Gasteiger partial charge in [0.1, 0.15) is 0 Å². The lowest BCUT2D eigenvalue weighted by atomic mass is 9.93. The van der Waals surface area contributed by atoms with Crippen LogP contribution in [0.5, 0.6) is 0 Å². The Hall–Kier alpha value is -0.910. The summed E-state index contributed by atoms with van der Waals surface area (Å²) >= 11 is 2.41. The molecule has 0 aliphatic carbocycles. The Morgan fingerprint density at radius 3 is 2.15 bits per heavy atom. The predicted molar refractivity (Wildman–Crippen MR) is 93.6 cm³/mol. The maximum absolute atomic E-state index is 5.82. The Labute approximate surface area is 134 Å². The minimum atomic E-state index is 0.140. The Kier molecular flexibility index (Phi) is 5.18. The first-order chi connectivity index (χ1) is 9.54. The summed E-state index contributed by atoms with van der Waals surface area (Å²) in [6, 6.07) is 13.0. The minimum Gasteiger partial charge on any atom is -0.271 e. The highest BCUT2D eigenvalue weighted by Crippen LogP contribution is 2.27. The molecule has 3 N–H and O–H groups in total. The maximum Gasteiger partial charge on any atom is 0.0511 e. The van der Waals surface area contributed by atoms with E-state index in [1.807, 2.05) is 0 Å². The normalized spacial score (nSPS) is 12.4. The molecule has 0 fully saturated rings. The van der Waals surface area contributed by atoms with Crippen molar-refractivity contribution < 1.29 is 0 Å². The van der Waals surface area contributed by atoms with Crippen molar-refractivity contribution in [1.29, 1.82) is 0 Å². The molecule has 1 atom stereocenters. The standard InChI is InChI=1S/C17H21IN2/c1-11-6-4-7-12(2)15(11)10-16(20-19)14-9-5-8-13(3)17(14)18/h4-9,16,20H,10,19H2,1-3H3. The predicted octanol–water partition coefficient (Wildman–Crippen LogP) is 3.96. The molecule has 2 aromatic rings. The summed E-state index contributed by atoms with van der Waals surface area (Å²) in [5.41, 5.74) is 9.59. The van der Waals surface area contributed by atoms with E-state index in [0.717, 1.165) is 6.42 Å². The summed E-state index contributed by atoms with van der Waals surface area (Å²) in [5, 5.41) is 0. The fourth-order valence-corrected chi connectivity index (χ4v) is 3.31. The monoisotopic (exact) mass is 380 g/mol. The first kappa shape index (κ1) is 15.5. The fourth-order valence-electron chi connectivity index (χ4n) is 2.57. The van der Waals surface area contributed by atoms with E-state index in [-0.39, 0.29) is 6.04 Å². The molecule has 2 aromatic carbocycles. The van der Waals surface area contributed by atoms with Crippen molar-refractivity contribution in [3.8, 4) is 0 Å². The summed E-state index contributed by atoms with van der Waals surface area (Å²) in [7, 11) is 0. The molecule has 3 heteroatoms. The lowest BCUT2D eigenvalue weighted by Gasteiger charge is -2.21. The molecule has 0 aliphatic rings. The average molecular weight is 380 g/mol. The third-order valence-corrected chi connectivity index (χ3v) is 5.32. The lowest BCUT2D eigenvalue weighted by Crippen LogP contribution is -2.30. The number of nitrogens with two attached hydrogens (primary N) is 1. The van der Waals surface area contributed by atoms with Gasteiger partial charge in [-0.1, -0.05) is 36.4 Å². The largest absolute Gasteiger partial charge is 0.271 e. The molecule has 0 saturated heterocycles. The highest BCUT2D eigenvalue weighted by molar-refractivity contribution is 14.1. The van der Waals surface area contributed by atoms with Crippen LogP contribution in [0.3, 0.4) is 0 Å². The summed E-state index contributed by atoms with van der Waals surface area (Å²) in [4.78, 5) is 0. The second-order valence-electron chi connectivity index (χ2n) is 5.27. The van der Waals surface area contributed by atoms with Crippen LogP contribution >= 0.6 is 22.6 Å². The van der Waals surface area contributed by atoms with Gasteiger partial charge in [-0.05, 0) is 77.6 Å². The number of hydrogen-bond donors (Lipinski definition) is 2. The van der Waals surface area contributed by atoms with Crippen LogP contribution in [0.2, 0.25) is 0 Å². The number of benzene rings is 2. The van der Waals surface area contributed by atoms with Crippen molar-refractivity contribution in [1.82, 2.24) is 5.43 Å². The lowest BCUT2D eigenvalue weighted by molar-refractivity contribution is 0.547. The number of nitrogens with one attached hydrogen (secondary N) is 1. The zero-order chi connectivity index (χ0) is 14.7. The molecule has 2 nitrogen and oxygen atoms in total. The molecular weight excluding hydrogens is 359 g/mol. The van der Waals surface area contributed by atoms with Crippen molar-refractivity contribution >= 4 is 22.6 Å². The fraction of sp³-hybridized carbons (Fsp3) is 0.294. The van der Waals surface area contributed by atoms with Gasteiger partial charge in [-0.15, -0.1) is 0 Å². The summed E-state index contributed by atoms with van der Waals surface area (Å²) in [5.74, 6) is 5.82. The molecule has 0 aliphatic heterocycles. The smallest absolute Gasteiger partial charge is 0.0511 e. The van der Waals surface area contributed by atoms with E-state index >= 15 is 0 Å². The van der Waals surface area contributed by atoms with Gasteiger partial charge in [0.2, 0.25) is 0 Å². The second kappa shape index (κ2) is 6.70. The summed E-state index contributed by atoms with van der Waals surface area (Å²) in [6.07, 6.45) is 0.911. The van der Waals surface area contributed by atoms with Gasteiger partial charge in [0.25, 0.3) is 0 Å². The third-order valence-electron chi connectivity index (χ3n) is 3.85. The number of rotatable bonds is 4. The van der Waals surface area contributed by atoms with E-state index in [4.69, 9.17) is 5.84 Å². The Balaban J connectivity index is 2.37. The quantitative estimate of drug-likeness (QED) is 0.479. The van der Waals surface area contributed by atoms with E-state index in [2.05, 4.69) is 85.2 Å². The van der Waals surface area contributed by atoms with Crippen molar-refractivity contribution in [3.63, 3.8) is 0 Å². The van der Waals surface area contributed by atoms with Gasteiger partial charge >= 0.3 is 0 Å². The summed E-state index contributed by atoms with van der Waals surface area (Å²) in [6.45, 7) is 6.46. The third kappa shape index (κ3) is 3.22. The van der Waals surface area contributed by atoms with Crippen LogP contribution in [-0.4, -0.2) is 0 Å². The molecule has 0 bridgehead atoms. The molecule has 106 valence electrons. The van der Waals surface area contributed by atoms with E-state index in [0.29, 0.717) is 0 Å². The van der Waals surface area contributed by atoms with Crippen LogP contribution in [0.15, 0.2) is 36.4 Å². The van der Waals surface area contributed by atoms with Crippen molar-refractivity contribution in [2.75, 3.05) is 0 Å². The van der Waals surface area contributed by atoms with Crippen LogP contribution in [0.25, 0.3) is 0 Å². The molecule has 0 saturated carbocycles. The highest BCUT2D eigenvalue weighted by atomic mass is 127. The van der Waals surface area contributed by atoms with Crippen LogP contribution < -0.4 is 11.3 Å². The van der Waals surface area contributed by atoms with Crippen LogP contribution in [0.4, 0.5) is 0 Å². The zero-order valence-electron chi connectivity index (χ0n) is 12.2. The second-order valence-corrected chi connectivity index (χ2v) is 6.35. The first-order valence-corrected chi connectivity index (χ1v) is 7.88. The minimum absolute atomic E-state index is 0.140. The van der Waals surface area contributed by atoms with Gasteiger partial charge < -0.3 is 0 Å². The number of hydrogen-bond acceptors (Lipinski definition) is 2. The Morgan fingerprint density at radius 2 is 1.55 bits per heavy atom.